The van der Waals surface area contributed by atoms with Crippen LogP contribution in [-0.2, 0) is 6.42 Å². The fourth-order valence-corrected chi connectivity index (χ4v) is 1.96. The largest absolute Gasteiger partial charge is 0.508 e. The smallest absolute Gasteiger partial charge is 0.123 e. The third kappa shape index (κ3) is 2.04. The van der Waals surface area contributed by atoms with Gasteiger partial charge in [0.1, 0.15) is 17.2 Å². The molecule has 0 fully saturated rings. The topological polar surface area (TPSA) is 60.7 Å². The number of phenols is 3. The van der Waals surface area contributed by atoms with Gasteiger partial charge in [0.05, 0.1) is 0 Å². The van der Waals surface area contributed by atoms with Crippen LogP contribution in [0.1, 0.15) is 12.5 Å². The third-order valence-corrected chi connectivity index (χ3v) is 2.76. The van der Waals surface area contributed by atoms with Gasteiger partial charge in [0.25, 0.3) is 0 Å². The first kappa shape index (κ1) is 11.3. The first-order chi connectivity index (χ1) is 8.13. The monoisotopic (exact) mass is 230 g/mol. The summed E-state index contributed by atoms with van der Waals surface area (Å²) in [4.78, 5) is 0. The number of hydrogen-bond acceptors (Lipinski definition) is 3. The molecule has 0 aliphatic heterocycles. The maximum atomic E-state index is 9.80. The van der Waals surface area contributed by atoms with E-state index in [0.29, 0.717) is 23.1 Å². The highest BCUT2D eigenvalue weighted by Gasteiger charge is 2.12. The van der Waals surface area contributed by atoms with E-state index in [-0.39, 0.29) is 17.2 Å². The van der Waals surface area contributed by atoms with Gasteiger partial charge >= 0.3 is 0 Å². The molecule has 3 N–H and O–H groups in total. The van der Waals surface area contributed by atoms with Gasteiger partial charge in [0.2, 0.25) is 0 Å². The van der Waals surface area contributed by atoms with Crippen LogP contribution in [0.15, 0.2) is 36.4 Å². The molecule has 0 amide bonds. The molecule has 0 heterocycles. The van der Waals surface area contributed by atoms with Crippen LogP contribution >= 0.6 is 0 Å². The summed E-state index contributed by atoms with van der Waals surface area (Å²) < 4.78 is 0. The first-order valence-electron chi connectivity index (χ1n) is 5.46. The molecule has 0 atom stereocenters. The standard InChI is InChI=1S/C14H14O3/c1-2-10-12(7-9(15)8-14(10)17)11-5-3-4-6-13(11)16/h3-8,15-17H,2H2,1H3. The van der Waals surface area contributed by atoms with E-state index in [1.54, 1.807) is 30.3 Å². The van der Waals surface area contributed by atoms with Gasteiger partial charge in [0, 0.05) is 17.2 Å². The zero-order valence-electron chi connectivity index (χ0n) is 9.51. The van der Waals surface area contributed by atoms with Crippen molar-refractivity contribution < 1.29 is 15.3 Å². The summed E-state index contributed by atoms with van der Waals surface area (Å²) in [5, 5.41) is 29.1. The van der Waals surface area contributed by atoms with Crippen LogP contribution in [0.2, 0.25) is 0 Å². The van der Waals surface area contributed by atoms with E-state index in [4.69, 9.17) is 0 Å². The van der Waals surface area contributed by atoms with Crippen LogP contribution in [0, 0.1) is 0 Å². The number of aromatic hydroxyl groups is 3. The summed E-state index contributed by atoms with van der Waals surface area (Å²) in [5.74, 6) is 0.163. The van der Waals surface area contributed by atoms with Gasteiger partial charge in [-0.3, -0.25) is 0 Å². The Hall–Kier alpha value is -2.16. The Bertz CT molecular complexity index is 547. The molecule has 2 aromatic rings. The second-order valence-electron chi connectivity index (χ2n) is 3.86. The van der Waals surface area contributed by atoms with Crippen molar-refractivity contribution in [2.75, 3.05) is 0 Å². The van der Waals surface area contributed by atoms with E-state index in [1.165, 1.54) is 6.07 Å². The van der Waals surface area contributed by atoms with Gasteiger partial charge < -0.3 is 15.3 Å². The molecule has 0 bridgehead atoms. The van der Waals surface area contributed by atoms with Gasteiger partial charge in [0.15, 0.2) is 0 Å². The predicted molar refractivity (Wildman–Crippen MR) is 66.3 cm³/mol. The number of phenolic OH excluding ortho intramolecular Hbond substituents is 3. The second-order valence-corrected chi connectivity index (χ2v) is 3.86. The summed E-state index contributed by atoms with van der Waals surface area (Å²) >= 11 is 0. The average Bonchev–Trinajstić information content (AvgIpc) is 2.28. The van der Waals surface area contributed by atoms with E-state index in [0.717, 1.165) is 0 Å². The van der Waals surface area contributed by atoms with Gasteiger partial charge in [-0.25, -0.2) is 0 Å². The fraction of sp³-hybridized carbons (Fsp3) is 0.143. The Morgan fingerprint density at radius 1 is 0.882 bits per heavy atom. The first-order valence-corrected chi connectivity index (χ1v) is 5.46. The van der Waals surface area contributed by atoms with Crippen LogP contribution in [-0.4, -0.2) is 15.3 Å². The molecule has 0 saturated heterocycles. The van der Waals surface area contributed by atoms with E-state index in [1.807, 2.05) is 6.92 Å². The minimum Gasteiger partial charge on any atom is -0.508 e. The summed E-state index contributed by atoms with van der Waals surface area (Å²) in [6.45, 7) is 1.91. The quantitative estimate of drug-likeness (QED) is 0.743. The molecule has 88 valence electrons. The average molecular weight is 230 g/mol. The number of rotatable bonds is 2. The minimum atomic E-state index is -0.0158. The number of hydrogen-bond donors (Lipinski definition) is 3. The fourth-order valence-electron chi connectivity index (χ4n) is 1.96. The molecule has 17 heavy (non-hydrogen) atoms. The molecular weight excluding hydrogens is 216 g/mol. The maximum Gasteiger partial charge on any atom is 0.123 e. The van der Waals surface area contributed by atoms with E-state index in [9.17, 15) is 15.3 Å². The molecule has 0 saturated carbocycles. The van der Waals surface area contributed by atoms with E-state index >= 15 is 0 Å². The van der Waals surface area contributed by atoms with Crippen molar-refractivity contribution in [2.24, 2.45) is 0 Å². The number of para-hydroxylation sites is 1. The SMILES string of the molecule is CCc1c(O)cc(O)cc1-c1ccccc1O. The summed E-state index contributed by atoms with van der Waals surface area (Å²) in [5.41, 5.74) is 1.97. The molecule has 0 aliphatic rings. The van der Waals surface area contributed by atoms with Crippen molar-refractivity contribution in [2.45, 2.75) is 13.3 Å². The van der Waals surface area contributed by atoms with Gasteiger partial charge in [-0.2, -0.15) is 0 Å². The molecule has 2 aromatic carbocycles. The predicted octanol–water partition coefficient (Wildman–Crippen LogP) is 3.03. The number of benzene rings is 2. The highest BCUT2D eigenvalue weighted by Crippen LogP contribution is 2.38. The molecular formula is C14H14O3. The summed E-state index contributed by atoms with van der Waals surface area (Å²) in [6.07, 6.45) is 0.621. The van der Waals surface area contributed by atoms with Crippen molar-refractivity contribution in [1.29, 1.82) is 0 Å². The zero-order chi connectivity index (χ0) is 12.4. The molecule has 3 nitrogen and oxygen atoms in total. The van der Waals surface area contributed by atoms with Crippen molar-refractivity contribution in [3.8, 4) is 28.4 Å². The van der Waals surface area contributed by atoms with Crippen molar-refractivity contribution in [3.63, 3.8) is 0 Å². The lowest BCUT2D eigenvalue weighted by Crippen LogP contribution is -1.89. The highest BCUT2D eigenvalue weighted by atomic mass is 16.3. The maximum absolute atomic E-state index is 9.80. The summed E-state index contributed by atoms with van der Waals surface area (Å²) in [6, 6.07) is 9.72. The van der Waals surface area contributed by atoms with Crippen LogP contribution in [0.5, 0.6) is 17.2 Å². The lowest BCUT2D eigenvalue weighted by atomic mass is 9.96. The molecule has 0 unspecified atom stereocenters. The Morgan fingerprint density at radius 3 is 2.24 bits per heavy atom. The van der Waals surface area contributed by atoms with Crippen LogP contribution in [0.25, 0.3) is 11.1 Å². The summed E-state index contributed by atoms with van der Waals surface area (Å²) in [7, 11) is 0. The van der Waals surface area contributed by atoms with E-state index in [2.05, 4.69) is 0 Å². The molecule has 0 radical (unpaired) electrons. The van der Waals surface area contributed by atoms with Crippen LogP contribution in [0.4, 0.5) is 0 Å². The van der Waals surface area contributed by atoms with Gasteiger partial charge in [-0.1, -0.05) is 25.1 Å². The normalized spacial score (nSPS) is 10.4. The third-order valence-electron chi connectivity index (χ3n) is 2.76. The van der Waals surface area contributed by atoms with Crippen LogP contribution < -0.4 is 0 Å². The lowest BCUT2D eigenvalue weighted by molar-refractivity contribution is 0.446. The van der Waals surface area contributed by atoms with Crippen LogP contribution in [0.3, 0.4) is 0 Å². The molecule has 2 rings (SSSR count). The van der Waals surface area contributed by atoms with Crippen molar-refractivity contribution >= 4 is 0 Å². The Kier molecular flexibility index (Phi) is 2.91. The molecule has 0 aliphatic carbocycles. The van der Waals surface area contributed by atoms with Gasteiger partial charge in [-0.15, -0.1) is 0 Å². The highest BCUT2D eigenvalue weighted by molar-refractivity contribution is 5.76. The molecule has 3 heteroatoms. The Balaban J connectivity index is 2.70. The Labute approximate surface area is 99.6 Å². The van der Waals surface area contributed by atoms with Crippen molar-refractivity contribution in [3.05, 3.63) is 42.0 Å². The second kappa shape index (κ2) is 4.37. The minimum absolute atomic E-state index is 0.0158. The lowest BCUT2D eigenvalue weighted by Gasteiger charge is -2.12. The molecule has 0 aromatic heterocycles. The van der Waals surface area contributed by atoms with E-state index < -0.39 is 0 Å². The zero-order valence-corrected chi connectivity index (χ0v) is 9.51. The molecule has 0 spiro atoms. The Morgan fingerprint density at radius 2 is 1.59 bits per heavy atom. The van der Waals surface area contributed by atoms with Crippen molar-refractivity contribution in [1.82, 2.24) is 0 Å². The van der Waals surface area contributed by atoms with Gasteiger partial charge in [-0.05, 0) is 24.1 Å².